The lowest BCUT2D eigenvalue weighted by molar-refractivity contribution is -0.121. The summed E-state index contributed by atoms with van der Waals surface area (Å²) in [6.45, 7) is 0.506. The summed E-state index contributed by atoms with van der Waals surface area (Å²) in [4.78, 5) is 17.3. The molecule has 0 saturated carbocycles. The number of aromatic nitrogens is 2. The minimum atomic E-state index is -0.184. The molecule has 1 heterocycles. The van der Waals surface area contributed by atoms with E-state index in [9.17, 15) is 4.79 Å². The largest absolute Gasteiger partial charge is 0.497 e. The summed E-state index contributed by atoms with van der Waals surface area (Å²) >= 11 is 0. The standard InChI is InChI=1S/C26H26N4O3/c1-32-21-12-13-24(33-2)20(17-21)18-27-29-26(31)14-15-30-23-11-7-6-10-22(23)28-25(30)16-19-8-4-3-5-9-19/h3-13,17-18H,14-16H2,1-2H3,(H,29,31). The summed E-state index contributed by atoms with van der Waals surface area (Å²) in [6, 6.07) is 23.6. The molecule has 0 spiro atoms. The molecule has 168 valence electrons. The number of hydrogen-bond acceptors (Lipinski definition) is 5. The number of hydrazone groups is 1. The van der Waals surface area contributed by atoms with E-state index in [-0.39, 0.29) is 12.3 Å². The van der Waals surface area contributed by atoms with Crippen LogP contribution in [0, 0.1) is 0 Å². The van der Waals surface area contributed by atoms with Gasteiger partial charge in [-0.2, -0.15) is 5.10 Å². The van der Waals surface area contributed by atoms with Gasteiger partial charge in [-0.15, -0.1) is 0 Å². The zero-order valence-corrected chi connectivity index (χ0v) is 18.7. The van der Waals surface area contributed by atoms with Crippen LogP contribution in [0.3, 0.4) is 0 Å². The maximum absolute atomic E-state index is 12.5. The summed E-state index contributed by atoms with van der Waals surface area (Å²) < 4.78 is 12.7. The molecule has 0 saturated heterocycles. The van der Waals surface area contributed by atoms with Crippen molar-refractivity contribution in [1.29, 1.82) is 0 Å². The van der Waals surface area contributed by atoms with E-state index in [4.69, 9.17) is 14.5 Å². The average Bonchev–Trinajstić information content (AvgIpc) is 3.20. The first-order chi connectivity index (χ1) is 16.2. The number of imidazole rings is 1. The number of fused-ring (bicyclic) bond motifs is 1. The number of benzene rings is 3. The van der Waals surface area contributed by atoms with Gasteiger partial charge in [0.1, 0.15) is 17.3 Å². The third-order valence-electron chi connectivity index (χ3n) is 5.33. The van der Waals surface area contributed by atoms with Gasteiger partial charge in [-0.3, -0.25) is 4.79 Å². The van der Waals surface area contributed by atoms with Crippen LogP contribution >= 0.6 is 0 Å². The van der Waals surface area contributed by atoms with Crippen molar-refractivity contribution in [2.24, 2.45) is 5.10 Å². The average molecular weight is 443 g/mol. The molecule has 4 aromatic rings. The number of amides is 1. The van der Waals surface area contributed by atoms with Crippen molar-refractivity contribution in [2.75, 3.05) is 14.2 Å². The molecule has 0 fully saturated rings. The van der Waals surface area contributed by atoms with Crippen molar-refractivity contribution in [3.05, 3.63) is 89.7 Å². The van der Waals surface area contributed by atoms with Crippen LogP contribution in [-0.4, -0.2) is 35.9 Å². The molecule has 1 N–H and O–H groups in total. The number of methoxy groups -OCH3 is 2. The molecule has 0 radical (unpaired) electrons. The topological polar surface area (TPSA) is 77.7 Å². The van der Waals surface area contributed by atoms with E-state index in [1.165, 1.54) is 5.56 Å². The highest BCUT2D eigenvalue weighted by atomic mass is 16.5. The van der Waals surface area contributed by atoms with Crippen molar-refractivity contribution in [3.8, 4) is 11.5 Å². The molecule has 3 aromatic carbocycles. The van der Waals surface area contributed by atoms with Gasteiger partial charge in [0.05, 0.1) is 31.5 Å². The van der Waals surface area contributed by atoms with Crippen molar-refractivity contribution < 1.29 is 14.3 Å². The Morgan fingerprint density at radius 3 is 2.61 bits per heavy atom. The second-order valence-corrected chi connectivity index (χ2v) is 7.48. The first-order valence-electron chi connectivity index (χ1n) is 10.7. The molecule has 33 heavy (non-hydrogen) atoms. The van der Waals surface area contributed by atoms with Gasteiger partial charge in [-0.05, 0) is 35.9 Å². The van der Waals surface area contributed by atoms with Gasteiger partial charge < -0.3 is 14.0 Å². The van der Waals surface area contributed by atoms with E-state index in [0.717, 1.165) is 16.9 Å². The number of rotatable bonds is 9. The predicted octanol–water partition coefficient (Wildman–Crippen LogP) is 4.18. The van der Waals surface area contributed by atoms with Gasteiger partial charge in [0, 0.05) is 24.9 Å². The fourth-order valence-electron chi connectivity index (χ4n) is 3.67. The third kappa shape index (κ3) is 5.38. The fraction of sp³-hybridized carbons (Fsp3) is 0.192. The predicted molar refractivity (Wildman–Crippen MR) is 129 cm³/mol. The van der Waals surface area contributed by atoms with Crippen LogP contribution in [0.2, 0.25) is 0 Å². The number of nitrogens with one attached hydrogen (secondary N) is 1. The van der Waals surface area contributed by atoms with Crippen molar-refractivity contribution >= 4 is 23.2 Å². The summed E-state index contributed by atoms with van der Waals surface area (Å²) in [5.74, 6) is 2.07. The highest BCUT2D eigenvalue weighted by molar-refractivity contribution is 5.86. The van der Waals surface area contributed by atoms with Crippen LogP contribution < -0.4 is 14.9 Å². The Morgan fingerprint density at radius 2 is 1.82 bits per heavy atom. The van der Waals surface area contributed by atoms with Gasteiger partial charge in [0.25, 0.3) is 0 Å². The first kappa shape index (κ1) is 22.1. The Labute approximate surface area is 192 Å². The molecule has 0 bridgehead atoms. The quantitative estimate of drug-likeness (QED) is 0.312. The van der Waals surface area contributed by atoms with Gasteiger partial charge in [0.15, 0.2) is 0 Å². The Morgan fingerprint density at radius 1 is 1.03 bits per heavy atom. The summed E-state index contributed by atoms with van der Waals surface area (Å²) in [7, 11) is 3.18. The SMILES string of the molecule is COc1ccc(OC)c(C=NNC(=O)CCn2c(Cc3ccccc3)nc3ccccc32)c1. The molecule has 0 aliphatic heterocycles. The van der Waals surface area contributed by atoms with E-state index in [1.54, 1.807) is 38.6 Å². The van der Waals surface area contributed by atoms with Gasteiger partial charge >= 0.3 is 0 Å². The molecule has 0 aliphatic rings. The van der Waals surface area contributed by atoms with Crippen LogP contribution in [-0.2, 0) is 17.8 Å². The molecule has 0 atom stereocenters. The Kier molecular flexibility index (Phi) is 6.99. The number of aryl methyl sites for hydroxylation is 1. The number of carbonyl (C=O) groups excluding carboxylic acids is 1. The number of nitrogens with zero attached hydrogens (tertiary/aromatic N) is 3. The molecule has 4 rings (SSSR count). The van der Waals surface area contributed by atoms with Crippen LogP contribution in [0.1, 0.15) is 23.4 Å². The number of para-hydroxylation sites is 2. The Bertz CT molecular complexity index is 1270. The monoisotopic (exact) mass is 442 g/mol. The van der Waals surface area contributed by atoms with E-state index in [1.807, 2.05) is 42.5 Å². The fourth-order valence-corrected chi connectivity index (χ4v) is 3.67. The maximum atomic E-state index is 12.5. The molecule has 0 unspecified atom stereocenters. The normalized spacial score (nSPS) is 11.1. The van der Waals surface area contributed by atoms with Crippen molar-refractivity contribution in [3.63, 3.8) is 0 Å². The zero-order valence-electron chi connectivity index (χ0n) is 18.7. The van der Waals surface area contributed by atoms with Crippen LogP contribution in [0.4, 0.5) is 0 Å². The van der Waals surface area contributed by atoms with E-state index >= 15 is 0 Å². The summed E-state index contributed by atoms with van der Waals surface area (Å²) in [5, 5.41) is 4.09. The summed E-state index contributed by atoms with van der Waals surface area (Å²) in [6.07, 6.45) is 2.52. The number of hydrogen-bond donors (Lipinski definition) is 1. The molecule has 7 nitrogen and oxygen atoms in total. The maximum Gasteiger partial charge on any atom is 0.241 e. The number of carbonyl (C=O) groups is 1. The summed E-state index contributed by atoms with van der Waals surface area (Å²) in [5.41, 5.74) is 6.43. The Hall–Kier alpha value is -4.13. The Balaban J connectivity index is 1.45. The lowest BCUT2D eigenvalue weighted by Gasteiger charge is -2.09. The molecule has 1 aromatic heterocycles. The minimum Gasteiger partial charge on any atom is -0.497 e. The lowest BCUT2D eigenvalue weighted by atomic mass is 10.1. The van der Waals surface area contributed by atoms with Crippen molar-refractivity contribution in [2.45, 2.75) is 19.4 Å². The second-order valence-electron chi connectivity index (χ2n) is 7.48. The van der Waals surface area contributed by atoms with E-state index < -0.39 is 0 Å². The highest BCUT2D eigenvalue weighted by Gasteiger charge is 2.12. The van der Waals surface area contributed by atoms with E-state index in [2.05, 4.69) is 27.2 Å². The zero-order chi connectivity index (χ0) is 23.0. The highest BCUT2D eigenvalue weighted by Crippen LogP contribution is 2.22. The van der Waals surface area contributed by atoms with Crippen LogP contribution in [0.25, 0.3) is 11.0 Å². The second kappa shape index (κ2) is 10.5. The molecule has 1 amide bonds. The van der Waals surface area contributed by atoms with E-state index in [0.29, 0.717) is 30.0 Å². The molecule has 7 heteroatoms. The van der Waals surface area contributed by atoms with Crippen molar-refractivity contribution in [1.82, 2.24) is 15.0 Å². The smallest absolute Gasteiger partial charge is 0.241 e. The lowest BCUT2D eigenvalue weighted by Crippen LogP contribution is -2.20. The van der Waals surface area contributed by atoms with Crippen LogP contribution in [0.15, 0.2) is 77.9 Å². The number of ether oxygens (including phenoxy) is 2. The molecular weight excluding hydrogens is 416 g/mol. The molecular formula is C26H26N4O3. The van der Waals surface area contributed by atoms with Gasteiger partial charge in [-0.25, -0.2) is 10.4 Å². The first-order valence-corrected chi connectivity index (χ1v) is 10.7. The minimum absolute atomic E-state index is 0.184. The van der Waals surface area contributed by atoms with Crippen LogP contribution in [0.5, 0.6) is 11.5 Å². The molecule has 0 aliphatic carbocycles. The third-order valence-corrected chi connectivity index (χ3v) is 5.33. The van der Waals surface area contributed by atoms with Gasteiger partial charge in [0.2, 0.25) is 5.91 Å². The van der Waals surface area contributed by atoms with Gasteiger partial charge in [-0.1, -0.05) is 42.5 Å².